The van der Waals surface area contributed by atoms with Gasteiger partial charge in [0.25, 0.3) is 0 Å². The Hall–Kier alpha value is -1.11. The smallest absolute Gasteiger partial charge is 0.247 e. The average Bonchev–Trinajstić information content (AvgIpc) is 2.51. The van der Waals surface area contributed by atoms with Crippen molar-refractivity contribution in [2.24, 2.45) is 5.92 Å². The van der Waals surface area contributed by atoms with Crippen molar-refractivity contribution in [3.63, 3.8) is 0 Å². The summed E-state index contributed by atoms with van der Waals surface area (Å²) in [4.78, 5) is 0. The summed E-state index contributed by atoms with van der Waals surface area (Å²) in [5.74, 6) is 1.64. The van der Waals surface area contributed by atoms with Crippen LogP contribution in [0.4, 0.5) is 0 Å². The molecular formula is C22H34OSi3. The van der Waals surface area contributed by atoms with E-state index in [0.29, 0.717) is 10.2 Å². The van der Waals surface area contributed by atoms with Crippen LogP contribution in [0.2, 0.25) is 56.7 Å². The minimum absolute atomic E-state index is 0.349. The summed E-state index contributed by atoms with van der Waals surface area (Å²) in [6, 6.07) is 10.7. The van der Waals surface area contributed by atoms with Gasteiger partial charge in [-0.15, -0.1) is 0 Å². The molecule has 0 N–H and O–H groups in total. The molecule has 2 aliphatic rings. The maximum absolute atomic E-state index is 7.10. The van der Waals surface area contributed by atoms with Crippen LogP contribution in [0.5, 0.6) is 0 Å². The van der Waals surface area contributed by atoms with Crippen molar-refractivity contribution in [1.82, 2.24) is 0 Å². The minimum atomic E-state index is -2.01. The summed E-state index contributed by atoms with van der Waals surface area (Å²) in [5, 5.41) is 0. The highest BCUT2D eigenvalue weighted by molar-refractivity contribution is 7.14. The SMILES string of the molecule is C[Si](C)(C)C1([Si](C)(C)C)C2C=CC=CC2=C(c2ccccc2)O[Si]1(C)C. The summed E-state index contributed by atoms with van der Waals surface area (Å²) in [6.07, 6.45) is 9.30. The van der Waals surface area contributed by atoms with Crippen LogP contribution in [-0.2, 0) is 4.43 Å². The molecule has 0 bridgehead atoms. The van der Waals surface area contributed by atoms with Crippen molar-refractivity contribution >= 4 is 30.2 Å². The zero-order valence-corrected chi connectivity index (χ0v) is 20.7. The normalized spacial score (nSPS) is 24.2. The van der Waals surface area contributed by atoms with E-state index >= 15 is 0 Å². The van der Waals surface area contributed by atoms with Gasteiger partial charge in [0.1, 0.15) is 5.76 Å². The summed E-state index contributed by atoms with van der Waals surface area (Å²) in [7, 11) is -5.09. The molecule has 0 aromatic heterocycles. The van der Waals surface area contributed by atoms with Crippen LogP contribution < -0.4 is 0 Å². The molecule has 0 saturated heterocycles. The first-order chi connectivity index (χ1) is 11.9. The van der Waals surface area contributed by atoms with Gasteiger partial charge in [-0.25, -0.2) is 0 Å². The van der Waals surface area contributed by atoms with Gasteiger partial charge in [-0.3, -0.25) is 0 Å². The van der Waals surface area contributed by atoms with Gasteiger partial charge in [0, 0.05) is 17.1 Å². The predicted molar refractivity (Wildman–Crippen MR) is 123 cm³/mol. The summed E-state index contributed by atoms with van der Waals surface area (Å²) < 4.78 is 7.45. The van der Waals surface area contributed by atoms with Crippen molar-refractivity contribution in [3.8, 4) is 0 Å². The molecule has 3 rings (SSSR count). The van der Waals surface area contributed by atoms with Crippen LogP contribution in [-0.4, -0.2) is 24.5 Å². The van der Waals surface area contributed by atoms with Crippen LogP contribution in [0.25, 0.3) is 5.76 Å². The first-order valence-electron chi connectivity index (χ1n) is 9.77. The van der Waals surface area contributed by atoms with E-state index in [4.69, 9.17) is 4.43 Å². The lowest BCUT2D eigenvalue weighted by molar-refractivity contribution is 0.439. The van der Waals surface area contributed by atoms with Gasteiger partial charge in [-0.2, -0.15) is 0 Å². The molecule has 1 aromatic carbocycles. The van der Waals surface area contributed by atoms with E-state index < -0.39 is 24.5 Å². The molecule has 0 spiro atoms. The molecular weight excluding hydrogens is 364 g/mol. The van der Waals surface area contributed by atoms with Gasteiger partial charge in [0.2, 0.25) is 8.32 Å². The molecule has 1 aliphatic carbocycles. The monoisotopic (exact) mass is 398 g/mol. The quantitative estimate of drug-likeness (QED) is 0.505. The van der Waals surface area contributed by atoms with Crippen molar-refractivity contribution in [2.75, 3.05) is 0 Å². The lowest BCUT2D eigenvalue weighted by Gasteiger charge is -2.64. The van der Waals surface area contributed by atoms with Crippen LogP contribution >= 0.6 is 0 Å². The second kappa shape index (κ2) is 6.21. The first kappa shape index (κ1) is 19.6. The van der Waals surface area contributed by atoms with Gasteiger partial charge in [-0.1, -0.05) is 93.9 Å². The molecule has 1 unspecified atom stereocenters. The number of hydrogen-bond acceptors (Lipinski definition) is 1. The van der Waals surface area contributed by atoms with E-state index in [1.807, 2.05) is 0 Å². The summed E-state index contributed by atoms with van der Waals surface area (Å²) in [6.45, 7) is 20.5. The first-order valence-corrected chi connectivity index (χ1v) is 19.7. The predicted octanol–water partition coefficient (Wildman–Crippen LogP) is 6.87. The zero-order chi connectivity index (χ0) is 19.4. The Morgan fingerprint density at radius 2 is 1.46 bits per heavy atom. The van der Waals surface area contributed by atoms with Crippen LogP contribution in [0.3, 0.4) is 0 Å². The van der Waals surface area contributed by atoms with E-state index in [1.54, 1.807) is 0 Å². The highest BCUT2D eigenvalue weighted by Gasteiger charge is 2.69. The molecule has 140 valence electrons. The van der Waals surface area contributed by atoms with E-state index in [9.17, 15) is 0 Å². The Balaban J connectivity index is 2.36. The minimum Gasteiger partial charge on any atom is -0.543 e. The van der Waals surface area contributed by atoms with Gasteiger partial charge in [-0.05, 0) is 17.4 Å². The Morgan fingerprint density at radius 1 is 0.885 bits per heavy atom. The van der Waals surface area contributed by atoms with Gasteiger partial charge in [0.15, 0.2) is 0 Å². The van der Waals surface area contributed by atoms with Crippen LogP contribution in [0.1, 0.15) is 5.56 Å². The Bertz CT molecular complexity index is 760. The highest BCUT2D eigenvalue weighted by atomic mass is 28.5. The fourth-order valence-electron chi connectivity index (χ4n) is 6.58. The van der Waals surface area contributed by atoms with Crippen molar-refractivity contribution < 1.29 is 4.43 Å². The molecule has 0 fully saturated rings. The number of allylic oxidation sites excluding steroid dienone is 5. The average molecular weight is 399 g/mol. The van der Waals surface area contributed by atoms with Crippen LogP contribution in [0.15, 0.2) is 60.2 Å². The Labute approximate surface area is 163 Å². The van der Waals surface area contributed by atoms with E-state index in [-0.39, 0.29) is 0 Å². The van der Waals surface area contributed by atoms with Crippen LogP contribution in [0, 0.1) is 5.92 Å². The fourth-order valence-corrected chi connectivity index (χ4v) is 34.6. The molecule has 26 heavy (non-hydrogen) atoms. The van der Waals surface area contributed by atoms with Gasteiger partial charge >= 0.3 is 0 Å². The third-order valence-electron chi connectivity index (χ3n) is 6.46. The lowest BCUT2D eigenvalue weighted by atomic mass is 9.92. The molecule has 0 amide bonds. The molecule has 1 aliphatic heterocycles. The molecule has 1 heterocycles. The molecule has 4 heteroatoms. The summed E-state index contributed by atoms with van der Waals surface area (Å²) in [5.41, 5.74) is 2.64. The largest absolute Gasteiger partial charge is 0.543 e. The molecule has 1 nitrogen and oxygen atoms in total. The van der Waals surface area contributed by atoms with Crippen molar-refractivity contribution in [3.05, 3.63) is 65.8 Å². The topological polar surface area (TPSA) is 9.23 Å². The zero-order valence-electron chi connectivity index (χ0n) is 17.7. The number of benzene rings is 1. The van der Waals surface area contributed by atoms with Gasteiger partial charge < -0.3 is 4.43 Å². The van der Waals surface area contributed by atoms with Gasteiger partial charge in [0.05, 0.1) is 16.1 Å². The van der Waals surface area contributed by atoms with Crippen molar-refractivity contribution in [1.29, 1.82) is 0 Å². The third kappa shape index (κ3) is 2.69. The van der Waals surface area contributed by atoms with E-state index in [2.05, 4.69) is 107 Å². The molecule has 0 radical (unpaired) electrons. The molecule has 1 atom stereocenters. The van der Waals surface area contributed by atoms with Crippen molar-refractivity contribution in [2.45, 2.75) is 56.7 Å². The highest BCUT2D eigenvalue weighted by Crippen LogP contribution is 2.65. The van der Waals surface area contributed by atoms with E-state index in [1.165, 1.54) is 11.1 Å². The standard InChI is InChI=1S/C22H34OSi3/c1-24(2,3)22(25(4,5)6)20-17-13-12-16-19(20)21(23-26(22,7)8)18-14-10-9-11-15-18/h9-17,20H,1-8H3. The molecule has 0 saturated carbocycles. The van der Waals surface area contributed by atoms with E-state index in [0.717, 1.165) is 5.76 Å². The third-order valence-corrected chi connectivity index (χ3v) is 27.4. The lowest BCUT2D eigenvalue weighted by Crippen LogP contribution is -2.72. The maximum atomic E-state index is 7.10. The fraction of sp³-hybridized carbons (Fsp3) is 0.455. The molecule has 1 aromatic rings. The Morgan fingerprint density at radius 3 is 2.00 bits per heavy atom. The second-order valence-corrected chi connectivity index (χ2v) is 26.4. The number of rotatable bonds is 3. The summed E-state index contributed by atoms with van der Waals surface area (Å²) >= 11 is 0. The maximum Gasteiger partial charge on any atom is 0.247 e. The number of hydrogen-bond donors (Lipinski definition) is 0. The Kier molecular flexibility index (Phi) is 4.69. The second-order valence-electron chi connectivity index (χ2n) is 10.3. The number of fused-ring (bicyclic) bond motifs is 1.